The molecule has 118 valence electrons. The molecule has 2 nitrogen and oxygen atoms in total. The fourth-order valence-electron chi connectivity index (χ4n) is 3.00. The van der Waals surface area contributed by atoms with Crippen LogP contribution in [0.25, 0.3) is 0 Å². The molecule has 0 aliphatic heterocycles. The first-order valence-corrected chi connectivity index (χ1v) is 7.48. The molecule has 1 N–H and O–H groups in total. The van der Waals surface area contributed by atoms with E-state index in [1.165, 1.54) is 31.4 Å². The number of hydrogen-bond donors (Lipinski definition) is 1. The number of rotatable bonds is 5. The van der Waals surface area contributed by atoms with Gasteiger partial charge in [0, 0.05) is 6.04 Å². The number of hydrogen-bond acceptors (Lipinski definition) is 2. The fourth-order valence-corrected chi connectivity index (χ4v) is 3.00. The lowest BCUT2D eigenvalue weighted by Gasteiger charge is -2.30. The molecule has 1 fully saturated rings. The SMILES string of the molecule is CNC(COc1ccccc1C(F)(F)F)C1CCCCC1. The monoisotopic (exact) mass is 301 g/mol. The molecule has 0 aromatic heterocycles. The van der Waals surface area contributed by atoms with Gasteiger partial charge in [0.1, 0.15) is 12.4 Å². The summed E-state index contributed by atoms with van der Waals surface area (Å²) in [6.45, 7) is 0.272. The summed E-state index contributed by atoms with van der Waals surface area (Å²) >= 11 is 0. The van der Waals surface area contributed by atoms with Crippen LogP contribution in [0.2, 0.25) is 0 Å². The largest absolute Gasteiger partial charge is 0.491 e. The Morgan fingerprint density at radius 3 is 2.48 bits per heavy atom. The third-order valence-corrected chi connectivity index (χ3v) is 4.20. The van der Waals surface area contributed by atoms with Gasteiger partial charge in [-0.05, 0) is 37.9 Å². The van der Waals surface area contributed by atoms with Crippen LogP contribution in [0.15, 0.2) is 24.3 Å². The van der Waals surface area contributed by atoms with Crippen molar-refractivity contribution in [2.45, 2.75) is 44.3 Å². The van der Waals surface area contributed by atoms with Crippen molar-refractivity contribution in [3.8, 4) is 5.75 Å². The van der Waals surface area contributed by atoms with E-state index in [0.717, 1.165) is 18.9 Å². The van der Waals surface area contributed by atoms with Crippen LogP contribution in [0.3, 0.4) is 0 Å². The van der Waals surface area contributed by atoms with Crippen molar-refractivity contribution in [3.63, 3.8) is 0 Å². The minimum atomic E-state index is -4.38. The molecule has 1 atom stereocenters. The number of para-hydroxylation sites is 1. The molecule has 1 aromatic carbocycles. The lowest BCUT2D eigenvalue weighted by molar-refractivity contribution is -0.139. The van der Waals surface area contributed by atoms with Gasteiger partial charge in [-0.3, -0.25) is 0 Å². The molecule has 0 heterocycles. The van der Waals surface area contributed by atoms with E-state index >= 15 is 0 Å². The average Bonchev–Trinajstić information content (AvgIpc) is 2.48. The van der Waals surface area contributed by atoms with Gasteiger partial charge >= 0.3 is 6.18 Å². The van der Waals surface area contributed by atoms with Crippen LogP contribution < -0.4 is 10.1 Å². The summed E-state index contributed by atoms with van der Waals surface area (Å²) in [5, 5.41) is 3.19. The van der Waals surface area contributed by atoms with E-state index in [4.69, 9.17) is 4.74 Å². The highest BCUT2D eigenvalue weighted by Gasteiger charge is 2.34. The van der Waals surface area contributed by atoms with Crippen LogP contribution in [0.5, 0.6) is 5.75 Å². The van der Waals surface area contributed by atoms with Gasteiger partial charge in [0.25, 0.3) is 0 Å². The lowest BCUT2D eigenvalue weighted by atomic mass is 9.84. The predicted octanol–water partition coefficient (Wildman–Crippen LogP) is 4.25. The van der Waals surface area contributed by atoms with E-state index in [1.54, 1.807) is 6.07 Å². The molecule has 5 heteroatoms. The van der Waals surface area contributed by atoms with E-state index < -0.39 is 11.7 Å². The smallest absolute Gasteiger partial charge is 0.419 e. The Morgan fingerprint density at radius 1 is 1.19 bits per heavy atom. The van der Waals surface area contributed by atoms with Gasteiger partial charge in [-0.25, -0.2) is 0 Å². The first kappa shape index (κ1) is 16.1. The Hall–Kier alpha value is -1.23. The van der Waals surface area contributed by atoms with Crippen LogP contribution >= 0.6 is 0 Å². The van der Waals surface area contributed by atoms with Crippen LogP contribution in [-0.4, -0.2) is 19.7 Å². The maximum Gasteiger partial charge on any atom is 0.419 e. The molecule has 0 radical (unpaired) electrons. The maximum atomic E-state index is 12.9. The zero-order valence-electron chi connectivity index (χ0n) is 12.2. The van der Waals surface area contributed by atoms with Crippen molar-refractivity contribution in [1.82, 2.24) is 5.32 Å². The van der Waals surface area contributed by atoms with Crippen molar-refractivity contribution in [1.29, 1.82) is 0 Å². The van der Waals surface area contributed by atoms with E-state index in [0.29, 0.717) is 5.92 Å². The zero-order chi connectivity index (χ0) is 15.3. The summed E-state index contributed by atoms with van der Waals surface area (Å²) in [5.41, 5.74) is -0.705. The average molecular weight is 301 g/mol. The van der Waals surface area contributed by atoms with E-state index in [2.05, 4.69) is 5.32 Å². The van der Waals surface area contributed by atoms with Gasteiger partial charge in [0.2, 0.25) is 0 Å². The Morgan fingerprint density at radius 2 is 1.86 bits per heavy atom. The minimum absolute atomic E-state index is 0.0824. The molecule has 1 aromatic rings. The number of benzene rings is 1. The quantitative estimate of drug-likeness (QED) is 0.877. The lowest BCUT2D eigenvalue weighted by Crippen LogP contribution is -2.39. The second-order valence-electron chi connectivity index (χ2n) is 5.60. The number of nitrogens with one attached hydrogen (secondary N) is 1. The Labute approximate surface area is 123 Å². The second-order valence-corrected chi connectivity index (χ2v) is 5.60. The van der Waals surface area contributed by atoms with Crippen molar-refractivity contribution < 1.29 is 17.9 Å². The number of likely N-dealkylation sites (N-methyl/N-ethyl adjacent to an activating group) is 1. The highest BCUT2D eigenvalue weighted by Crippen LogP contribution is 2.36. The van der Waals surface area contributed by atoms with Gasteiger partial charge in [0.05, 0.1) is 5.56 Å². The van der Waals surface area contributed by atoms with E-state index in [9.17, 15) is 13.2 Å². The van der Waals surface area contributed by atoms with Crippen LogP contribution in [0.1, 0.15) is 37.7 Å². The van der Waals surface area contributed by atoms with E-state index in [-0.39, 0.29) is 18.4 Å². The highest BCUT2D eigenvalue weighted by atomic mass is 19.4. The van der Waals surface area contributed by atoms with Gasteiger partial charge in [0.15, 0.2) is 0 Å². The molecule has 21 heavy (non-hydrogen) atoms. The second kappa shape index (κ2) is 7.16. The van der Waals surface area contributed by atoms with Crippen molar-refractivity contribution in [2.24, 2.45) is 5.92 Å². The molecule has 1 aliphatic rings. The normalized spacial score (nSPS) is 18.5. The molecule has 0 amide bonds. The molecular formula is C16H22F3NO. The van der Waals surface area contributed by atoms with Gasteiger partial charge in [-0.1, -0.05) is 31.4 Å². The van der Waals surface area contributed by atoms with Crippen LogP contribution in [0, 0.1) is 5.92 Å². The van der Waals surface area contributed by atoms with Crippen LogP contribution in [0.4, 0.5) is 13.2 Å². The predicted molar refractivity (Wildman–Crippen MR) is 76.4 cm³/mol. The topological polar surface area (TPSA) is 21.3 Å². The van der Waals surface area contributed by atoms with Crippen LogP contribution in [-0.2, 0) is 6.18 Å². The summed E-state index contributed by atoms with van der Waals surface area (Å²) in [7, 11) is 1.85. The molecule has 2 rings (SSSR count). The highest BCUT2D eigenvalue weighted by molar-refractivity contribution is 5.35. The molecular weight excluding hydrogens is 279 g/mol. The first-order valence-electron chi connectivity index (χ1n) is 7.48. The number of ether oxygens (including phenoxy) is 1. The molecule has 1 aliphatic carbocycles. The van der Waals surface area contributed by atoms with Gasteiger partial charge in [-0.2, -0.15) is 13.2 Å². The number of alkyl halides is 3. The van der Waals surface area contributed by atoms with Crippen molar-refractivity contribution in [3.05, 3.63) is 29.8 Å². The molecule has 1 unspecified atom stereocenters. The summed E-state index contributed by atoms with van der Waals surface area (Å²) in [6.07, 6.45) is 1.51. The molecule has 1 saturated carbocycles. The molecule has 0 bridgehead atoms. The Bertz CT molecular complexity index is 441. The standard InChI is InChI=1S/C16H22F3NO/c1-20-14(12-7-3-2-4-8-12)11-21-15-10-6-5-9-13(15)16(17,18)19/h5-6,9-10,12,14,20H,2-4,7-8,11H2,1H3. The summed E-state index contributed by atoms with van der Waals surface area (Å²) in [6, 6.07) is 5.50. The third kappa shape index (κ3) is 4.37. The number of halogens is 3. The van der Waals surface area contributed by atoms with E-state index in [1.807, 2.05) is 7.05 Å². The molecule has 0 spiro atoms. The summed E-state index contributed by atoms with van der Waals surface area (Å²) in [4.78, 5) is 0. The summed E-state index contributed by atoms with van der Waals surface area (Å²) in [5.74, 6) is 0.405. The van der Waals surface area contributed by atoms with Gasteiger partial charge in [-0.15, -0.1) is 0 Å². The summed E-state index contributed by atoms with van der Waals surface area (Å²) < 4.78 is 44.2. The first-order chi connectivity index (χ1) is 10.0. The minimum Gasteiger partial charge on any atom is -0.491 e. The third-order valence-electron chi connectivity index (χ3n) is 4.20. The Balaban J connectivity index is 2.01. The van der Waals surface area contributed by atoms with Crippen molar-refractivity contribution in [2.75, 3.05) is 13.7 Å². The molecule has 0 saturated heterocycles. The maximum absolute atomic E-state index is 12.9. The zero-order valence-corrected chi connectivity index (χ0v) is 12.2. The fraction of sp³-hybridized carbons (Fsp3) is 0.625. The van der Waals surface area contributed by atoms with Gasteiger partial charge < -0.3 is 10.1 Å². The van der Waals surface area contributed by atoms with Crippen molar-refractivity contribution >= 4 is 0 Å². The Kier molecular flexibility index (Phi) is 5.51.